The maximum absolute atomic E-state index is 12.3. The molecule has 0 fully saturated rings. The Morgan fingerprint density at radius 1 is 1.33 bits per heavy atom. The van der Waals surface area contributed by atoms with Crippen molar-refractivity contribution in [1.29, 1.82) is 0 Å². The number of H-pyrrole nitrogens is 1. The molecule has 1 aromatic carbocycles. The number of benzene rings is 1. The van der Waals surface area contributed by atoms with Gasteiger partial charge in [-0.2, -0.15) is 5.10 Å². The van der Waals surface area contributed by atoms with Crippen LogP contribution in [0.3, 0.4) is 0 Å². The van der Waals surface area contributed by atoms with Crippen LogP contribution in [0, 0.1) is 13.8 Å². The van der Waals surface area contributed by atoms with Gasteiger partial charge >= 0.3 is 5.97 Å². The van der Waals surface area contributed by atoms with Gasteiger partial charge in [0.15, 0.2) is 0 Å². The van der Waals surface area contributed by atoms with Crippen LogP contribution in [-0.4, -0.2) is 31.7 Å². The highest BCUT2D eigenvalue weighted by molar-refractivity contribution is 7.92. The first-order chi connectivity index (χ1) is 9.85. The second-order valence-electron chi connectivity index (χ2n) is 4.49. The number of methoxy groups -OCH3 is 1. The number of nitrogens with zero attached hydrogens (tertiary/aromatic N) is 1. The monoisotopic (exact) mass is 309 g/mol. The van der Waals surface area contributed by atoms with E-state index in [1.807, 2.05) is 0 Å². The van der Waals surface area contributed by atoms with Crippen LogP contribution in [0.5, 0.6) is 0 Å². The number of carbonyl (C=O) groups excluding carboxylic acids is 1. The van der Waals surface area contributed by atoms with E-state index < -0.39 is 16.0 Å². The number of aromatic amines is 1. The van der Waals surface area contributed by atoms with Crippen LogP contribution >= 0.6 is 0 Å². The minimum Gasteiger partial charge on any atom is -0.465 e. The Morgan fingerprint density at radius 3 is 2.62 bits per heavy atom. The van der Waals surface area contributed by atoms with Crippen LogP contribution in [0.1, 0.15) is 21.6 Å². The number of aromatic nitrogens is 2. The average Bonchev–Trinajstić information content (AvgIpc) is 2.87. The van der Waals surface area contributed by atoms with Gasteiger partial charge in [-0.25, -0.2) is 13.2 Å². The van der Waals surface area contributed by atoms with E-state index in [4.69, 9.17) is 0 Å². The summed E-state index contributed by atoms with van der Waals surface area (Å²) in [6.45, 7) is 3.35. The molecule has 0 saturated heterocycles. The molecule has 0 radical (unpaired) electrons. The SMILES string of the molecule is COC(=O)c1ccc(C)c(NS(=O)(=O)c2cn[nH]c2C)c1. The standard InChI is InChI=1S/C13H15N3O4S/c1-8-4-5-10(13(17)20-3)6-11(8)16-21(18,19)12-7-14-15-9(12)2/h4-7,16H,1-3H3,(H,14,15). The van der Waals surface area contributed by atoms with Crippen molar-refractivity contribution in [1.82, 2.24) is 10.2 Å². The first kappa shape index (κ1) is 15.0. The Bertz CT molecular complexity index is 780. The smallest absolute Gasteiger partial charge is 0.337 e. The molecule has 7 nitrogen and oxygen atoms in total. The predicted molar refractivity (Wildman–Crippen MR) is 76.7 cm³/mol. The van der Waals surface area contributed by atoms with Gasteiger partial charge < -0.3 is 4.74 Å². The summed E-state index contributed by atoms with van der Waals surface area (Å²) in [6, 6.07) is 4.66. The second-order valence-corrected chi connectivity index (χ2v) is 6.14. The van der Waals surface area contributed by atoms with Gasteiger partial charge in [-0.15, -0.1) is 0 Å². The molecular weight excluding hydrogens is 294 g/mol. The second kappa shape index (κ2) is 5.57. The number of hydrogen-bond donors (Lipinski definition) is 2. The third-order valence-corrected chi connectivity index (χ3v) is 4.46. The maximum atomic E-state index is 12.3. The normalized spacial score (nSPS) is 11.2. The summed E-state index contributed by atoms with van der Waals surface area (Å²) in [5, 5.41) is 6.26. The molecule has 0 aliphatic rings. The van der Waals surface area contributed by atoms with Gasteiger partial charge in [0, 0.05) is 0 Å². The molecule has 112 valence electrons. The van der Waals surface area contributed by atoms with Crippen molar-refractivity contribution < 1.29 is 17.9 Å². The fourth-order valence-electron chi connectivity index (χ4n) is 1.79. The molecule has 1 heterocycles. The molecule has 2 aromatic rings. The van der Waals surface area contributed by atoms with Gasteiger partial charge in [0.25, 0.3) is 10.0 Å². The number of anilines is 1. The van der Waals surface area contributed by atoms with Crippen molar-refractivity contribution in [2.24, 2.45) is 0 Å². The molecule has 0 unspecified atom stereocenters. The van der Waals surface area contributed by atoms with Crippen LogP contribution < -0.4 is 4.72 Å². The topological polar surface area (TPSA) is 101 Å². The Hall–Kier alpha value is -2.35. The number of esters is 1. The van der Waals surface area contributed by atoms with Gasteiger partial charge in [-0.1, -0.05) is 6.07 Å². The summed E-state index contributed by atoms with van der Waals surface area (Å²) >= 11 is 0. The van der Waals surface area contributed by atoms with Crippen molar-refractivity contribution in [3.8, 4) is 0 Å². The van der Waals surface area contributed by atoms with Crippen molar-refractivity contribution in [3.05, 3.63) is 41.2 Å². The lowest BCUT2D eigenvalue weighted by molar-refractivity contribution is 0.0601. The van der Waals surface area contributed by atoms with Crippen molar-refractivity contribution in [3.63, 3.8) is 0 Å². The van der Waals surface area contributed by atoms with E-state index in [1.54, 1.807) is 26.0 Å². The van der Waals surface area contributed by atoms with Crippen LogP contribution in [0.15, 0.2) is 29.3 Å². The molecule has 0 aliphatic heterocycles. The van der Waals surface area contributed by atoms with Crippen molar-refractivity contribution >= 4 is 21.7 Å². The highest BCUT2D eigenvalue weighted by Crippen LogP contribution is 2.22. The molecule has 21 heavy (non-hydrogen) atoms. The zero-order valence-corrected chi connectivity index (χ0v) is 12.6. The summed E-state index contributed by atoms with van der Waals surface area (Å²) in [6.07, 6.45) is 1.23. The molecule has 0 spiro atoms. The fourth-order valence-corrected chi connectivity index (χ4v) is 3.05. The van der Waals surface area contributed by atoms with E-state index in [0.717, 1.165) is 0 Å². The van der Waals surface area contributed by atoms with E-state index >= 15 is 0 Å². The molecule has 0 atom stereocenters. The number of aryl methyl sites for hydroxylation is 2. The summed E-state index contributed by atoms with van der Waals surface area (Å²) in [7, 11) is -2.50. The molecule has 0 saturated carbocycles. The van der Waals surface area contributed by atoms with E-state index in [-0.39, 0.29) is 10.5 Å². The van der Waals surface area contributed by atoms with Crippen LogP contribution in [0.2, 0.25) is 0 Å². The summed E-state index contributed by atoms with van der Waals surface area (Å²) in [4.78, 5) is 11.6. The van der Waals surface area contributed by atoms with Crippen molar-refractivity contribution in [2.75, 3.05) is 11.8 Å². The first-order valence-corrected chi connectivity index (χ1v) is 7.55. The summed E-state index contributed by atoms with van der Waals surface area (Å²) in [5.74, 6) is -0.532. The van der Waals surface area contributed by atoms with Gasteiger partial charge in [-0.05, 0) is 31.5 Å². The lowest BCUT2D eigenvalue weighted by atomic mass is 10.1. The Morgan fingerprint density at radius 2 is 2.05 bits per heavy atom. The van der Waals surface area contributed by atoms with Crippen LogP contribution in [0.25, 0.3) is 0 Å². The number of rotatable bonds is 4. The molecule has 8 heteroatoms. The molecule has 0 bridgehead atoms. The fraction of sp³-hybridized carbons (Fsp3) is 0.231. The zero-order chi connectivity index (χ0) is 15.6. The van der Waals surface area contributed by atoms with E-state index in [2.05, 4.69) is 19.7 Å². The first-order valence-electron chi connectivity index (χ1n) is 6.07. The Kier molecular flexibility index (Phi) is 3.99. The summed E-state index contributed by atoms with van der Waals surface area (Å²) < 4.78 is 31.7. The minimum atomic E-state index is -3.77. The Balaban J connectivity index is 2.40. The number of nitrogens with one attached hydrogen (secondary N) is 2. The molecule has 2 N–H and O–H groups in total. The zero-order valence-electron chi connectivity index (χ0n) is 11.8. The molecule has 0 aliphatic carbocycles. The molecule has 1 aromatic heterocycles. The van der Waals surface area contributed by atoms with E-state index in [0.29, 0.717) is 16.9 Å². The number of ether oxygens (including phenoxy) is 1. The lowest BCUT2D eigenvalue weighted by Crippen LogP contribution is -2.15. The minimum absolute atomic E-state index is 0.0605. The third-order valence-electron chi connectivity index (χ3n) is 2.98. The average molecular weight is 309 g/mol. The number of hydrogen-bond acceptors (Lipinski definition) is 5. The molecular formula is C13H15N3O4S. The van der Waals surface area contributed by atoms with E-state index in [1.165, 1.54) is 19.4 Å². The van der Waals surface area contributed by atoms with Gasteiger partial charge in [0.1, 0.15) is 4.90 Å². The summed E-state index contributed by atoms with van der Waals surface area (Å²) in [5.41, 5.74) is 1.71. The number of sulfonamides is 1. The van der Waals surface area contributed by atoms with Crippen LogP contribution in [0.4, 0.5) is 5.69 Å². The largest absolute Gasteiger partial charge is 0.465 e. The molecule has 2 rings (SSSR count). The third kappa shape index (κ3) is 3.05. The number of carbonyl (C=O) groups is 1. The quantitative estimate of drug-likeness (QED) is 0.836. The lowest BCUT2D eigenvalue weighted by Gasteiger charge is -2.11. The van der Waals surface area contributed by atoms with Gasteiger partial charge in [0.05, 0.1) is 30.3 Å². The van der Waals surface area contributed by atoms with Gasteiger partial charge in [0.2, 0.25) is 0 Å². The highest BCUT2D eigenvalue weighted by atomic mass is 32.2. The van der Waals surface area contributed by atoms with E-state index in [9.17, 15) is 13.2 Å². The predicted octanol–water partition coefficient (Wildman–Crippen LogP) is 1.61. The Labute approximate surface area is 122 Å². The van der Waals surface area contributed by atoms with Gasteiger partial charge in [-0.3, -0.25) is 9.82 Å². The highest BCUT2D eigenvalue weighted by Gasteiger charge is 2.20. The molecule has 0 amide bonds. The van der Waals surface area contributed by atoms with Crippen molar-refractivity contribution in [2.45, 2.75) is 18.7 Å². The van der Waals surface area contributed by atoms with Crippen LogP contribution in [-0.2, 0) is 14.8 Å². The maximum Gasteiger partial charge on any atom is 0.337 e.